The third-order valence-electron chi connectivity index (χ3n) is 5.32. The van der Waals surface area contributed by atoms with Crippen LogP contribution >= 0.6 is 0 Å². The van der Waals surface area contributed by atoms with Gasteiger partial charge in [-0.25, -0.2) is 17.9 Å². The summed E-state index contributed by atoms with van der Waals surface area (Å²) in [5.41, 5.74) is 0.396. The molecule has 0 aromatic heterocycles. The first-order valence-corrected chi connectivity index (χ1v) is 11.4. The Labute approximate surface area is 182 Å². The maximum atomic E-state index is 12.5. The minimum absolute atomic E-state index is 0.00619. The molecular weight excluding hydrogens is 418 g/mol. The molecule has 164 valence electrons. The highest BCUT2D eigenvalue weighted by Gasteiger charge is 2.55. The van der Waals surface area contributed by atoms with Crippen molar-refractivity contribution >= 4 is 21.9 Å². The van der Waals surface area contributed by atoms with Crippen LogP contribution in [0.3, 0.4) is 0 Å². The monoisotopic (exact) mass is 443 g/mol. The highest BCUT2D eigenvalue weighted by molar-refractivity contribution is 7.90. The molecule has 1 aliphatic rings. The Morgan fingerprint density at radius 1 is 1.23 bits per heavy atom. The van der Waals surface area contributed by atoms with E-state index in [-0.39, 0.29) is 24.0 Å². The normalized spacial score (nSPS) is 19.9. The van der Waals surface area contributed by atoms with Gasteiger partial charge in [-0.2, -0.15) is 0 Å². The van der Waals surface area contributed by atoms with Crippen molar-refractivity contribution in [3.63, 3.8) is 0 Å². The number of carbonyl (C=O) groups is 2. The number of amides is 1. The average Bonchev–Trinajstić information content (AvgIpc) is 3.44. The van der Waals surface area contributed by atoms with Crippen molar-refractivity contribution in [3.05, 3.63) is 72.3 Å². The lowest BCUT2D eigenvalue weighted by molar-refractivity contribution is -0.124. The summed E-state index contributed by atoms with van der Waals surface area (Å²) in [6.45, 7) is 7.58. The standard InChI is InChI=1S/C23H25NO6S/c1-4-18-14-23(18,3)22(26)24-31(27,28)20-11-9-16(10-12-20)15-30-19-8-6-7-17(13-19)21(25)29-5-2/h4,6-13,18H,1,5,14-15H2,2-3H3,(H,24,26)/t18-,23+/m1/s1. The molecule has 0 aliphatic heterocycles. The van der Waals surface area contributed by atoms with E-state index >= 15 is 0 Å². The van der Waals surface area contributed by atoms with Crippen LogP contribution in [0.25, 0.3) is 0 Å². The molecule has 8 heteroatoms. The van der Waals surface area contributed by atoms with Crippen LogP contribution in [0.5, 0.6) is 5.75 Å². The third-order valence-corrected chi connectivity index (χ3v) is 6.66. The molecule has 0 spiro atoms. The molecule has 31 heavy (non-hydrogen) atoms. The molecule has 1 amide bonds. The van der Waals surface area contributed by atoms with Gasteiger partial charge >= 0.3 is 5.97 Å². The zero-order chi connectivity index (χ0) is 22.6. The number of hydrogen-bond acceptors (Lipinski definition) is 6. The van der Waals surface area contributed by atoms with Crippen LogP contribution in [0, 0.1) is 11.3 Å². The van der Waals surface area contributed by atoms with Crippen LogP contribution in [0.2, 0.25) is 0 Å². The molecule has 0 bridgehead atoms. The Bertz CT molecular complexity index is 1090. The molecule has 2 aromatic carbocycles. The molecule has 0 radical (unpaired) electrons. The molecule has 2 aromatic rings. The smallest absolute Gasteiger partial charge is 0.338 e. The lowest BCUT2D eigenvalue weighted by Crippen LogP contribution is -2.36. The molecule has 3 rings (SSSR count). The van der Waals surface area contributed by atoms with E-state index in [2.05, 4.69) is 11.3 Å². The van der Waals surface area contributed by atoms with Crippen LogP contribution in [0.4, 0.5) is 0 Å². The van der Waals surface area contributed by atoms with Gasteiger partial charge in [0.25, 0.3) is 10.0 Å². The average molecular weight is 444 g/mol. The lowest BCUT2D eigenvalue weighted by atomic mass is 10.1. The van der Waals surface area contributed by atoms with Gasteiger partial charge in [0.15, 0.2) is 0 Å². The second-order valence-electron chi connectivity index (χ2n) is 7.58. The largest absolute Gasteiger partial charge is 0.489 e. The number of carbonyl (C=O) groups excluding carboxylic acids is 2. The lowest BCUT2D eigenvalue weighted by Gasteiger charge is -2.12. The maximum absolute atomic E-state index is 12.5. The van der Waals surface area contributed by atoms with Gasteiger partial charge in [-0.15, -0.1) is 6.58 Å². The van der Waals surface area contributed by atoms with Gasteiger partial charge in [-0.1, -0.05) is 31.2 Å². The van der Waals surface area contributed by atoms with Gasteiger partial charge in [-0.05, 0) is 55.2 Å². The summed E-state index contributed by atoms with van der Waals surface area (Å²) in [6.07, 6.45) is 2.26. The van der Waals surface area contributed by atoms with E-state index in [0.717, 1.165) is 5.56 Å². The van der Waals surface area contributed by atoms with E-state index in [9.17, 15) is 18.0 Å². The quantitative estimate of drug-likeness (QED) is 0.471. The number of rotatable bonds is 9. The number of esters is 1. The summed E-state index contributed by atoms with van der Waals surface area (Å²) in [5.74, 6) is -0.469. The summed E-state index contributed by atoms with van der Waals surface area (Å²) in [4.78, 5) is 24.1. The Hall–Kier alpha value is -3.13. The van der Waals surface area contributed by atoms with Gasteiger partial charge in [0.1, 0.15) is 12.4 Å². The molecule has 7 nitrogen and oxygen atoms in total. The minimum Gasteiger partial charge on any atom is -0.489 e. The van der Waals surface area contributed by atoms with Gasteiger partial charge in [0.2, 0.25) is 5.91 Å². The molecule has 2 atom stereocenters. The summed E-state index contributed by atoms with van der Waals surface area (Å²) in [5, 5.41) is 0. The van der Waals surface area contributed by atoms with Crippen LogP contribution in [-0.2, 0) is 26.2 Å². The Morgan fingerprint density at radius 2 is 1.94 bits per heavy atom. The van der Waals surface area contributed by atoms with Crippen molar-refractivity contribution in [3.8, 4) is 5.75 Å². The van der Waals surface area contributed by atoms with Crippen molar-refractivity contribution in [2.45, 2.75) is 31.8 Å². The van der Waals surface area contributed by atoms with Crippen molar-refractivity contribution in [1.82, 2.24) is 4.72 Å². The molecule has 0 unspecified atom stereocenters. The van der Waals surface area contributed by atoms with Gasteiger partial charge < -0.3 is 9.47 Å². The highest BCUT2D eigenvalue weighted by atomic mass is 32.2. The van der Waals surface area contributed by atoms with Crippen LogP contribution in [-0.4, -0.2) is 26.9 Å². The first-order valence-electron chi connectivity index (χ1n) is 9.88. The Balaban J connectivity index is 1.61. The van der Waals surface area contributed by atoms with E-state index in [1.54, 1.807) is 56.3 Å². The number of sulfonamides is 1. The van der Waals surface area contributed by atoms with E-state index in [1.165, 1.54) is 12.1 Å². The molecule has 1 N–H and O–H groups in total. The van der Waals surface area contributed by atoms with Crippen LogP contribution in [0.15, 0.2) is 66.1 Å². The number of allylic oxidation sites excluding steroid dienone is 1. The summed E-state index contributed by atoms with van der Waals surface area (Å²) in [6, 6.07) is 12.7. The Morgan fingerprint density at radius 3 is 2.55 bits per heavy atom. The second-order valence-corrected chi connectivity index (χ2v) is 9.26. The van der Waals surface area contributed by atoms with E-state index in [1.807, 2.05) is 0 Å². The number of nitrogens with one attached hydrogen (secondary N) is 1. The minimum atomic E-state index is -3.96. The summed E-state index contributed by atoms with van der Waals surface area (Å²) < 4.78 is 37.9. The number of benzene rings is 2. The fourth-order valence-electron chi connectivity index (χ4n) is 3.16. The van der Waals surface area contributed by atoms with Crippen LogP contribution < -0.4 is 9.46 Å². The third kappa shape index (κ3) is 5.14. The number of hydrogen-bond donors (Lipinski definition) is 1. The van der Waals surface area contributed by atoms with E-state index in [0.29, 0.717) is 17.7 Å². The highest BCUT2D eigenvalue weighted by Crippen LogP contribution is 2.53. The molecule has 0 saturated heterocycles. The van der Waals surface area contributed by atoms with Crippen LogP contribution in [0.1, 0.15) is 36.2 Å². The van der Waals surface area contributed by atoms with Crippen molar-refractivity contribution < 1.29 is 27.5 Å². The molecule has 0 heterocycles. The first kappa shape index (κ1) is 22.6. The zero-order valence-corrected chi connectivity index (χ0v) is 18.3. The van der Waals surface area contributed by atoms with E-state index in [4.69, 9.17) is 9.47 Å². The second kappa shape index (κ2) is 8.93. The van der Waals surface area contributed by atoms with E-state index < -0.39 is 27.3 Å². The molecular formula is C23H25NO6S. The SMILES string of the molecule is C=C[C@@H]1C[C@]1(C)C(=O)NS(=O)(=O)c1ccc(COc2cccc(C(=O)OCC)c2)cc1. The van der Waals surface area contributed by atoms with Crippen molar-refractivity contribution in [2.75, 3.05) is 6.61 Å². The van der Waals surface area contributed by atoms with Crippen molar-refractivity contribution in [1.29, 1.82) is 0 Å². The molecule has 1 aliphatic carbocycles. The predicted octanol–water partition coefficient (Wildman–Crippen LogP) is 3.46. The first-order chi connectivity index (χ1) is 14.7. The topological polar surface area (TPSA) is 98.8 Å². The number of ether oxygens (including phenoxy) is 2. The fourth-order valence-corrected chi connectivity index (χ4v) is 4.25. The fraction of sp³-hybridized carbons (Fsp3) is 0.304. The zero-order valence-electron chi connectivity index (χ0n) is 17.5. The molecule has 1 saturated carbocycles. The maximum Gasteiger partial charge on any atom is 0.338 e. The molecule has 1 fully saturated rings. The van der Waals surface area contributed by atoms with Crippen molar-refractivity contribution in [2.24, 2.45) is 11.3 Å². The van der Waals surface area contributed by atoms with Gasteiger partial charge in [-0.3, -0.25) is 4.79 Å². The predicted molar refractivity (Wildman–Crippen MR) is 115 cm³/mol. The van der Waals surface area contributed by atoms with Gasteiger partial charge in [0.05, 0.1) is 22.5 Å². The van der Waals surface area contributed by atoms with Gasteiger partial charge in [0, 0.05) is 0 Å². The summed E-state index contributed by atoms with van der Waals surface area (Å²) >= 11 is 0. The Kier molecular flexibility index (Phi) is 6.50. The summed E-state index contributed by atoms with van der Waals surface area (Å²) in [7, 11) is -3.96.